The van der Waals surface area contributed by atoms with Crippen LogP contribution in [0.5, 0.6) is 0 Å². The van der Waals surface area contributed by atoms with Crippen molar-refractivity contribution in [3.63, 3.8) is 0 Å². The molecular weight excluding hydrogens is 378 g/mol. The summed E-state index contributed by atoms with van der Waals surface area (Å²) in [6.45, 7) is 15.3. The van der Waals surface area contributed by atoms with Crippen molar-refractivity contribution in [2.24, 2.45) is 0 Å². The highest BCUT2D eigenvalue weighted by Gasteiger charge is 2.26. The number of hydrogen-bond donors (Lipinski definition) is 1. The zero-order valence-corrected chi connectivity index (χ0v) is 20.5. The molecule has 0 fully saturated rings. The smallest absolute Gasteiger partial charge is 0.211 e. The summed E-state index contributed by atoms with van der Waals surface area (Å²) >= 11 is 0. The molecule has 0 radical (unpaired) electrons. The van der Waals surface area contributed by atoms with E-state index < -0.39 is 10.0 Å². The van der Waals surface area contributed by atoms with Crippen LogP contribution in [0.3, 0.4) is 0 Å². The molecule has 0 spiro atoms. The van der Waals surface area contributed by atoms with Gasteiger partial charge in [-0.05, 0) is 60.1 Å². The molecule has 0 heterocycles. The largest absolute Gasteiger partial charge is 0.241 e. The third-order valence-corrected chi connectivity index (χ3v) is 6.92. The van der Waals surface area contributed by atoms with Crippen molar-refractivity contribution < 1.29 is 8.42 Å². The Bertz CT molecular complexity index is 717. The first kappa shape index (κ1) is 25.9. The van der Waals surface area contributed by atoms with Crippen LogP contribution >= 0.6 is 0 Å². The molecule has 1 N–H and O–H groups in total. The minimum Gasteiger partial charge on any atom is -0.211 e. The monoisotopic (exact) mass is 421 g/mol. The summed E-state index contributed by atoms with van der Waals surface area (Å²) in [5.74, 6) is 0.687. The Morgan fingerprint density at radius 2 is 1.34 bits per heavy atom. The van der Waals surface area contributed by atoms with Gasteiger partial charge in [0, 0.05) is 6.54 Å². The average Bonchev–Trinajstić information content (AvgIpc) is 2.65. The molecule has 0 aliphatic rings. The number of nitrogens with one attached hydrogen (secondary N) is 1. The Morgan fingerprint density at radius 1 is 0.828 bits per heavy atom. The Labute approximate surface area is 180 Å². The quantitative estimate of drug-likeness (QED) is 0.269. The topological polar surface area (TPSA) is 46.2 Å². The molecule has 0 aliphatic heterocycles. The van der Waals surface area contributed by atoms with Crippen LogP contribution in [0.1, 0.15) is 121 Å². The molecule has 4 heteroatoms. The van der Waals surface area contributed by atoms with Crippen LogP contribution in [0.25, 0.3) is 0 Å². The van der Waals surface area contributed by atoms with Crippen molar-refractivity contribution >= 4 is 10.0 Å². The first-order valence-corrected chi connectivity index (χ1v) is 12.9. The molecule has 0 bridgehead atoms. The van der Waals surface area contributed by atoms with Gasteiger partial charge < -0.3 is 0 Å². The molecule has 0 saturated carbocycles. The summed E-state index contributed by atoms with van der Waals surface area (Å²) in [6, 6.07) is 4.18. The second-order valence-corrected chi connectivity index (χ2v) is 10.7. The van der Waals surface area contributed by atoms with Gasteiger partial charge in [0.15, 0.2) is 0 Å². The van der Waals surface area contributed by atoms with Gasteiger partial charge in [0.1, 0.15) is 0 Å². The van der Waals surface area contributed by atoms with Crippen molar-refractivity contribution in [1.82, 2.24) is 4.72 Å². The van der Waals surface area contributed by atoms with Crippen molar-refractivity contribution in [3.8, 4) is 0 Å². The van der Waals surface area contributed by atoms with E-state index in [2.05, 4.69) is 77.5 Å². The molecule has 1 rings (SSSR count). The number of benzene rings is 1. The summed E-state index contributed by atoms with van der Waals surface area (Å²) < 4.78 is 29.3. The Hall–Kier alpha value is -1.13. The molecule has 0 unspecified atom stereocenters. The lowest BCUT2D eigenvalue weighted by atomic mass is 9.89. The maximum absolute atomic E-state index is 13.2. The molecule has 0 aliphatic carbocycles. The molecule has 0 saturated heterocycles. The van der Waals surface area contributed by atoms with Crippen LogP contribution in [-0.2, 0) is 10.0 Å². The lowest BCUT2D eigenvalue weighted by molar-refractivity contribution is 0.574. The molecule has 0 amide bonds. The summed E-state index contributed by atoms with van der Waals surface area (Å²) in [5, 5.41) is 0. The van der Waals surface area contributed by atoms with E-state index in [0.29, 0.717) is 17.4 Å². The molecule has 166 valence electrons. The molecule has 0 atom stereocenters. The second-order valence-electron chi connectivity index (χ2n) is 9.00. The zero-order valence-electron chi connectivity index (χ0n) is 19.7. The van der Waals surface area contributed by atoms with Crippen LogP contribution in [0.4, 0.5) is 0 Å². The first-order valence-electron chi connectivity index (χ1n) is 11.4. The van der Waals surface area contributed by atoms with Gasteiger partial charge in [0.05, 0.1) is 4.90 Å². The number of rotatable bonds is 13. The predicted octanol–water partition coefficient (Wildman–Crippen LogP) is 7.25. The number of hydrogen-bond acceptors (Lipinski definition) is 2. The molecule has 29 heavy (non-hydrogen) atoms. The third-order valence-electron chi connectivity index (χ3n) is 5.33. The number of allylic oxidation sites excluding steroid dienone is 2. The minimum absolute atomic E-state index is 0.156. The molecule has 1 aromatic carbocycles. The van der Waals surface area contributed by atoms with Crippen molar-refractivity contribution in [2.45, 2.75) is 110 Å². The summed E-state index contributed by atoms with van der Waals surface area (Å²) in [4.78, 5) is 0.502. The third kappa shape index (κ3) is 8.25. The van der Waals surface area contributed by atoms with Gasteiger partial charge in [-0.25, -0.2) is 13.1 Å². The van der Waals surface area contributed by atoms with Gasteiger partial charge in [-0.1, -0.05) is 85.6 Å². The van der Waals surface area contributed by atoms with Crippen molar-refractivity contribution in [2.75, 3.05) is 6.54 Å². The lowest BCUT2D eigenvalue weighted by Crippen LogP contribution is -2.27. The van der Waals surface area contributed by atoms with E-state index in [1.165, 1.54) is 24.8 Å². The second kappa shape index (κ2) is 12.5. The van der Waals surface area contributed by atoms with Gasteiger partial charge in [-0.3, -0.25) is 0 Å². The standard InChI is InChI=1S/C25H43NO2S/c1-8-9-10-11-12-13-14-15-16-26-29(27,28)25-23(20(4)5)17-22(19(2)3)18-24(25)21(6)7/h12-13,17-21,26H,8-11,14-16H2,1-7H3/b13-12+. The van der Waals surface area contributed by atoms with Gasteiger partial charge in [0.25, 0.3) is 0 Å². The van der Waals surface area contributed by atoms with E-state index >= 15 is 0 Å². The summed E-state index contributed by atoms with van der Waals surface area (Å²) in [5.41, 5.74) is 3.08. The van der Waals surface area contributed by atoms with E-state index in [4.69, 9.17) is 0 Å². The zero-order chi connectivity index (χ0) is 22.0. The minimum atomic E-state index is -3.53. The molecule has 3 nitrogen and oxygen atoms in total. The van der Waals surface area contributed by atoms with Crippen molar-refractivity contribution in [3.05, 3.63) is 41.0 Å². The van der Waals surface area contributed by atoms with Gasteiger partial charge >= 0.3 is 0 Å². The summed E-state index contributed by atoms with van der Waals surface area (Å²) in [7, 11) is -3.53. The number of sulfonamides is 1. The van der Waals surface area contributed by atoms with Gasteiger partial charge in [0.2, 0.25) is 10.0 Å². The van der Waals surface area contributed by atoms with E-state index in [1.54, 1.807) is 0 Å². The molecule has 1 aromatic rings. The van der Waals surface area contributed by atoms with Crippen LogP contribution < -0.4 is 4.72 Å². The van der Waals surface area contributed by atoms with Crippen LogP contribution in [0, 0.1) is 0 Å². The first-order chi connectivity index (χ1) is 13.6. The van der Waals surface area contributed by atoms with Crippen LogP contribution in [0.2, 0.25) is 0 Å². The number of unbranched alkanes of at least 4 members (excludes halogenated alkanes) is 4. The van der Waals surface area contributed by atoms with Crippen LogP contribution in [0.15, 0.2) is 29.2 Å². The normalized spacial score (nSPS) is 12.8. The van der Waals surface area contributed by atoms with Gasteiger partial charge in [-0.2, -0.15) is 0 Å². The maximum Gasteiger partial charge on any atom is 0.241 e. The highest BCUT2D eigenvalue weighted by molar-refractivity contribution is 7.89. The molecule has 0 aromatic heterocycles. The fourth-order valence-electron chi connectivity index (χ4n) is 3.45. The highest BCUT2D eigenvalue weighted by atomic mass is 32.2. The van der Waals surface area contributed by atoms with E-state index in [-0.39, 0.29) is 11.8 Å². The Balaban J connectivity index is 2.94. The van der Waals surface area contributed by atoms with E-state index in [0.717, 1.165) is 30.4 Å². The summed E-state index contributed by atoms with van der Waals surface area (Å²) in [6.07, 6.45) is 11.0. The highest BCUT2D eigenvalue weighted by Crippen LogP contribution is 2.34. The van der Waals surface area contributed by atoms with E-state index in [1.807, 2.05) is 0 Å². The van der Waals surface area contributed by atoms with E-state index in [9.17, 15) is 8.42 Å². The Morgan fingerprint density at radius 3 is 1.79 bits per heavy atom. The van der Waals surface area contributed by atoms with Gasteiger partial charge in [-0.15, -0.1) is 0 Å². The van der Waals surface area contributed by atoms with Crippen molar-refractivity contribution in [1.29, 1.82) is 0 Å². The maximum atomic E-state index is 13.2. The SMILES string of the molecule is CCCCC/C=C/CCCNS(=O)(=O)c1c(C(C)C)cc(C(C)C)cc1C(C)C. The lowest BCUT2D eigenvalue weighted by Gasteiger charge is -2.23. The fourth-order valence-corrected chi connectivity index (χ4v) is 5.21. The van der Waals surface area contributed by atoms with Crippen LogP contribution in [-0.4, -0.2) is 15.0 Å². The average molecular weight is 422 g/mol. The fraction of sp³-hybridized carbons (Fsp3) is 0.680. The molecular formula is C25H43NO2S. The predicted molar refractivity (Wildman–Crippen MR) is 126 cm³/mol. The Kier molecular flexibility index (Phi) is 11.2.